The van der Waals surface area contributed by atoms with Gasteiger partial charge >= 0.3 is 0 Å². The molecule has 1 aromatic carbocycles. The molecule has 2 heterocycles. The Kier molecular flexibility index (Phi) is 6.57. The lowest BCUT2D eigenvalue weighted by atomic mass is 9.52. The average Bonchev–Trinajstić information content (AvgIpc) is 3.45. The lowest BCUT2D eigenvalue weighted by Crippen LogP contribution is -2.38. The lowest BCUT2D eigenvalue weighted by molar-refractivity contribution is 0.102. The van der Waals surface area contributed by atoms with Crippen LogP contribution in [0.25, 0.3) is 0 Å². The van der Waals surface area contributed by atoms with Crippen LogP contribution in [-0.2, 0) is 14.8 Å². The number of anilines is 1. The number of aromatic nitrogens is 1. The molecule has 8 nitrogen and oxygen atoms in total. The molecular formula is C20H25B3FN3O5S. The van der Waals surface area contributed by atoms with E-state index < -0.39 is 27.0 Å². The summed E-state index contributed by atoms with van der Waals surface area (Å²) in [6, 6.07) is 6.48. The SMILES string of the molecule is BC(B)(B)Oc1ccc(S(=O)(=O)N[C@H]2CCOC2)cc1C(=O)Nc1ccc(F)c(C2CC2)n1. The van der Waals surface area contributed by atoms with Crippen LogP contribution >= 0.6 is 0 Å². The van der Waals surface area contributed by atoms with Crippen molar-refractivity contribution >= 4 is 45.3 Å². The number of carbonyl (C=O) groups is 1. The van der Waals surface area contributed by atoms with Crippen molar-refractivity contribution in [1.29, 1.82) is 0 Å². The Hall–Kier alpha value is -2.37. The van der Waals surface area contributed by atoms with E-state index in [1.165, 1.54) is 30.3 Å². The van der Waals surface area contributed by atoms with E-state index >= 15 is 0 Å². The standard InChI is InChI=1S/C20H25B3FN3O5S/c21-20(22,23)32-16-5-3-13(33(29,30)27-12-7-8-31-10-12)9-14(16)19(28)26-17-6-4-15(24)18(25-17)11-1-2-11/h3-6,9,11-12,27H,1-2,7-8,10,21-23H2,(H,25,26,28)/t12-/m0/s1. The number of nitrogens with one attached hydrogen (secondary N) is 2. The van der Waals surface area contributed by atoms with Crippen molar-refractivity contribution in [2.24, 2.45) is 0 Å². The lowest BCUT2D eigenvalue weighted by Gasteiger charge is -2.24. The Morgan fingerprint density at radius 1 is 1.18 bits per heavy atom. The first-order valence-electron chi connectivity index (χ1n) is 10.9. The van der Waals surface area contributed by atoms with Crippen LogP contribution in [0.3, 0.4) is 0 Å². The van der Waals surface area contributed by atoms with Crippen LogP contribution in [-0.4, -0.2) is 67.4 Å². The molecule has 4 rings (SSSR count). The van der Waals surface area contributed by atoms with Crippen LogP contribution in [0.2, 0.25) is 0 Å². The fourth-order valence-corrected chi connectivity index (χ4v) is 4.82. The van der Waals surface area contributed by atoms with Crippen molar-refractivity contribution in [1.82, 2.24) is 9.71 Å². The van der Waals surface area contributed by atoms with Crippen molar-refractivity contribution in [3.8, 4) is 5.75 Å². The van der Waals surface area contributed by atoms with Crippen LogP contribution < -0.4 is 14.8 Å². The van der Waals surface area contributed by atoms with Gasteiger partial charge in [-0.3, -0.25) is 4.79 Å². The van der Waals surface area contributed by atoms with Crippen LogP contribution in [0.15, 0.2) is 35.2 Å². The summed E-state index contributed by atoms with van der Waals surface area (Å²) in [7, 11) is 1.59. The molecule has 1 aliphatic carbocycles. The first-order valence-corrected chi connectivity index (χ1v) is 12.4. The van der Waals surface area contributed by atoms with Crippen molar-refractivity contribution in [3.05, 3.63) is 47.4 Å². The molecule has 0 bridgehead atoms. The van der Waals surface area contributed by atoms with Crippen molar-refractivity contribution in [3.63, 3.8) is 0 Å². The van der Waals surface area contributed by atoms with Crippen molar-refractivity contribution in [2.45, 2.75) is 41.4 Å². The van der Waals surface area contributed by atoms with Gasteiger partial charge in [-0.25, -0.2) is 22.5 Å². The average molecular weight is 471 g/mol. The zero-order valence-corrected chi connectivity index (χ0v) is 19.7. The maximum absolute atomic E-state index is 14.0. The molecule has 33 heavy (non-hydrogen) atoms. The maximum Gasteiger partial charge on any atom is 0.260 e. The van der Waals surface area contributed by atoms with Gasteiger partial charge < -0.3 is 14.8 Å². The van der Waals surface area contributed by atoms with Gasteiger partial charge in [0.2, 0.25) is 10.0 Å². The number of carbonyl (C=O) groups excluding carboxylic acids is 1. The normalized spacial score (nSPS) is 18.8. The molecule has 172 valence electrons. The molecule has 1 aliphatic heterocycles. The molecule has 1 atom stereocenters. The minimum atomic E-state index is -3.88. The largest absolute Gasteiger partial charge is 0.513 e. The Balaban J connectivity index is 1.64. The predicted octanol–water partition coefficient (Wildman–Crippen LogP) is -0.693. The topological polar surface area (TPSA) is 107 Å². The second kappa shape index (κ2) is 9.11. The van der Waals surface area contributed by atoms with Crippen molar-refractivity contribution < 1.29 is 27.1 Å². The summed E-state index contributed by atoms with van der Waals surface area (Å²) >= 11 is 0. The van der Waals surface area contributed by atoms with Gasteiger partial charge in [0.05, 0.1) is 22.8 Å². The molecule has 2 fully saturated rings. The van der Waals surface area contributed by atoms with E-state index in [1.54, 1.807) is 0 Å². The third-order valence-corrected chi connectivity index (χ3v) is 6.77. The number of nitrogens with zero attached hydrogens (tertiary/aromatic N) is 1. The third kappa shape index (κ3) is 5.96. The highest BCUT2D eigenvalue weighted by molar-refractivity contribution is 7.89. The summed E-state index contributed by atoms with van der Waals surface area (Å²) in [6.07, 6.45) is 2.31. The summed E-state index contributed by atoms with van der Waals surface area (Å²) in [4.78, 5) is 17.4. The van der Waals surface area contributed by atoms with Gasteiger partial charge in [-0.1, -0.05) is 0 Å². The molecule has 1 saturated carbocycles. The molecule has 1 saturated heterocycles. The molecule has 0 spiro atoms. The van der Waals surface area contributed by atoms with Crippen LogP contribution in [0.5, 0.6) is 5.75 Å². The van der Waals surface area contributed by atoms with Crippen LogP contribution in [0.4, 0.5) is 10.2 Å². The van der Waals surface area contributed by atoms with E-state index in [0.29, 0.717) is 25.3 Å². The highest BCUT2D eigenvalue weighted by Gasteiger charge is 2.29. The van der Waals surface area contributed by atoms with Crippen LogP contribution in [0, 0.1) is 5.82 Å². The number of rotatable bonds is 8. The van der Waals surface area contributed by atoms with E-state index in [2.05, 4.69) is 15.0 Å². The quantitative estimate of drug-likeness (QED) is 0.494. The first-order chi connectivity index (χ1) is 15.5. The van der Waals surface area contributed by atoms with Gasteiger partial charge in [-0.05, 0) is 49.6 Å². The first kappa shape index (κ1) is 23.8. The molecule has 1 aromatic heterocycles. The molecule has 2 N–H and O–H groups in total. The van der Waals surface area contributed by atoms with Gasteiger partial charge in [-0.2, -0.15) is 0 Å². The smallest absolute Gasteiger partial charge is 0.260 e. The summed E-state index contributed by atoms with van der Waals surface area (Å²) in [5.41, 5.74) is 0.368. The number of ether oxygens (including phenoxy) is 2. The highest BCUT2D eigenvalue weighted by atomic mass is 32.2. The Labute approximate surface area is 195 Å². The van der Waals surface area contributed by atoms with E-state index in [0.717, 1.165) is 12.8 Å². The number of benzene rings is 1. The Bertz CT molecular complexity index is 1170. The van der Waals surface area contributed by atoms with E-state index in [4.69, 9.17) is 9.47 Å². The minimum Gasteiger partial charge on any atom is -0.513 e. The van der Waals surface area contributed by atoms with Gasteiger partial charge in [0.15, 0.2) is 0 Å². The summed E-state index contributed by atoms with van der Waals surface area (Å²) in [6.45, 7) is 0.796. The van der Waals surface area contributed by atoms with Gasteiger partial charge in [0.25, 0.3) is 5.91 Å². The van der Waals surface area contributed by atoms with E-state index in [1.807, 2.05) is 23.5 Å². The van der Waals surface area contributed by atoms with Crippen molar-refractivity contribution in [2.75, 3.05) is 18.5 Å². The molecule has 2 aromatic rings. The highest BCUT2D eigenvalue weighted by Crippen LogP contribution is 2.40. The summed E-state index contributed by atoms with van der Waals surface area (Å²) in [5.74, 6) is -0.508. The second-order valence-corrected chi connectivity index (χ2v) is 11.1. The Morgan fingerprint density at radius 2 is 1.94 bits per heavy atom. The molecule has 13 heteroatoms. The number of hydrogen-bond donors (Lipinski definition) is 2. The second-order valence-electron chi connectivity index (χ2n) is 9.35. The van der Waals surface area contributed by atoms with Crippen LogP contribution in [0.1, 0.15) is 41.2 Å². The number of halogens is 1. The van der Waals surface area contributed by atoms with Gasteiger partial charge in [-0.15, -0.1) is 0 Å². The van der Waals surface area contributed by atoms with E-state index in [-0.39, 0.29) is 34.0 Å². The maximum atomic E-state index is 14.0. The fourth-order valence-electron chi connectivity index (χ4n) is 3.54. The minimum absolute atomic E-state index is 0.0366. The zero-order valence-electron chi connectivity index (χ0n) is 18.9. The third-order valence-electron chi connectivity index (χ3n) is 5.25. The number of amides is 1. The summed E-state index contributed by atoms with van der Waals surface area (Å²) in [5, 5.41) is 2.03. The Morgan fingerprint density at radius 3 is 2.58 bits per heavy atom. The number of sulfonamides is 1. The molecule has 2 aliphatic rings. The zero-order chi connectivity index (χ0) is 23.8. The van der Waals surface area contributed by atoms with Gasteiger partial charge in [0, 0.05) is 23.9 Å². The fraction of sp³-hybridized carbons (Fsp3) is 0.400. The van der Waals surface area contributed by atoms with Gasteiger partial charge in [0.1, 0.15) is 40.9 Å². The predicted molar refractivity (Wildman–Crippen MR) is 129 cm³/mol. The molecule has 0 unspecified atom stereocenters. The molecule has 1 amide bonds. The number of hydrogen-bond acceptors (Lipinski definition) is 6. The number of pyridine rings is 1. The molecular weight excluding hydrogens is 446 g/mol. The monoisotopic (exact) mass is 471 g/mol. The summed E-state index contributed by atoms with van der Waals surface area (Å²) < 4.78 is 53.6. The molecule has 0 radical (unpaired) electrons. The van der Waals surface area contributed by atoms with E-state index in [9.17, 15) is 17.6 Å².